The first kappa shape index (κ1) is 15.3. The predicted molar refractivity (Wildman–Crippen MR) is 82.3 cm³/mol. The summed E-state index contributed by atoms with van der Waals surface area (Å²) >= 11 is 0. The van der Waals surface area contributed by atoms with Gasteiger partial charge >= 0.3 is 5.97 Å². The van der Waals surface area contributed by atoms with Crippen molar-refractivity contribution in [2.24, 2.45) is 0 Å². The van der Waals surface area contributed by atoms with Gasteiger partial charge in [-0.3, -0.25) is 9.59 Å². The van der Waals surface area contributed by atoms with E-state index in [-0.39, 0.29) is 11.8 Å². The third kappa shape index (κ3) is 4.18. The van der Waals surface area contributed by atoms with Crippen LogP contribution in [0, 0.1) is 0 Å². The third-order valence-electron chi connectivity index (χ3n) is 3.48. The van der Waals surface area contributed by atoms with Crippen LogP contribution in [0.25, 0.3) is 10.9 Å². The molecule has 0 atom stereocenters. The van der Waals surface area contributed by atoms with Gasteiger partial charge in [-0.1, -0.05) is 24.6 Å². The van der Waals surface area contributed by atoms with Gasteiger partial charge in [0.25, 0.3) is 0 Å². The molecule has 1 heterocycles. The number of aromatic amines is 1. The molecule has 21 heavy (non-hydrogen) atoms. The molecular weight excluding hydrogens is 266 g/mol. The minimum Gasteiger partial charge on any atom is -0.466 e. The van der Waals surface area contributed by atoms with E-state index in [9.17, 15) is 9.59 Å². The number of ether oxygens (including phenoxy) is 1. The first-order chi connectivity index (χ1) is 10.2. The number of fused-ring (bicyclic) bond motifs is 1. The molecule has 0 fully saturated rings. The van der Waals surface area contributed by atoms with Gasteiger partial charge in [0.05, 0.1) is 6.61 Å². The van der Waals surface area contributed by atoms with Gasteiger partial charge < -0.3 is 9.72 Å². The van der Waals surface area contributed by atoms with Crippen LogP contribution in [0.3, 0.4) is 0 Å². The maximum absolute atomic E-state index is 12.2. The van der Waals surface area contributed by atoms with E-state index in [1.807, 2.05) is 24.3 Å². The molecule has 0 amide bonds. The van der Waals surface area contributed by atoms with E-state index >= 15 is 0 Å². The summed E-state index contributed by atoms with van der Waals surface area (Å²) in [5.41, 5.74) is 1.75. The fraction of sp³-hybridized carbons (Fsp3) is 0.412. The van der Waals surface area contributed by atoms with Crippen molar-refractivity contribution in [1.29, 1.82) is 0 Å². The highest BCUT2D eigenvalue weighted by atomic mass is 16.5. The number of unbranched alkanes of at least 4 members (excludes halogenated alkanes) is 2. The lowest BCUT2D eigenvalue weighted by Crippen LogP contribution is -2.03. The van der Waals surface area contributed by atoms with E-state index in [2.05, 4.69) is 4.98 Å². The van der Waals surface area contributed by atoms with Gasteiger partial charge in [-0.2, -0.15) is 0 Å². The molecule has 0 bridgehead atoms. The second-order valence-electron chi connectivity index (χ2n) is 5.04. The van der Waals surface area contributed by atoms with Crippen molar-refractivity contribution < 1.29 is 14.3 Å². The van der Waals surface area contributed by atoms with Crippen LogP contribution in [0.4, 0.5) is 0 Å². The number of hydrogen-bond acceptors (Lipinski definition) is 3. The Morgan fingerprint density at radius 1 is 1.10 bits per heavy atom. The fourth-order valence-electron chi connectivity index (χ4n) is 2.40. The lowest BCUT2D eigenvalue weighted by atomic mass is 10.0. The SMILES string of the molecule is CCOC(=O)CCCCCC(=O)c1c[nH]c2ccccc12. The average molecular weight is 287 g/mol. The first-order valence-electron chi connectivity index (χ1n) is 7.47. The van der Waals surface area contributed by atoms with Crippen LogP contribution in [-0.2, 0) is 9.53 Å². The molecule has 1 aromatic heterocycles. The number of benzene rings is 1. The number of aromatic nitrogens is 1. The topological polar surface area (TPSA) is 59.2 Å². The molecule has 112 valence electrons. The Bertz CT molecular complexity index is 615. The molecule has 0 aliphatic carbocycles. The normalized spacial score (nSPS) is 10.7. The monoisotopic (exact) mass is 287 g/mol. The summed E-state index contributed by atoms with van der Waals surface area (Å²) in [6, 6.07) is 7.81. The quantitative estimate of drug-likeness (QED) is 0.455. The van der Waals surface area contributed by atoms with Crippen molar-refractivity contribution in [2.75, 3.05) is 6.61 Å². The number of H-pyrrole nitrogens is 1. The van der Waals surface area contributed by atoms with Crippen LogP contribution < -0.4 is 0 Å². The van der Waals surface area contributed by atoms with E-state index in [0.29, 0.717) is 19.4 Å². The predicted octanol–water partition coefficient (Wildman–Crippen LogP) is 3.86. The summed E-state index contributed by atoms with van der Waals surface area (Å²) in [4.78, 5) is 26.5. The van der Waals surface area contributed by atoms with Crippen molar-refractivity contribution in [3.05, 3.63) is 36.0 Å². The second-order valence-corrected chi connectivity index (χ2v) is 5.04. The van der Waals surface area contributed by atoms with E-state index in [4.69, 9.17) is 4.74 Å². The van der Waals surface area contributed by atoms with Gasteiger partial charge in [-0.25, -0.2) is 0 Å². The van der Waals surface area contributed by atoms with Crippen LogP contribution in [-0.4, -0.2) is 23.3 Å². The average Bonchev–Trinajstić information content (AvgIpc) is 2.91. The zero-order valence-electron chi connectivity index (χ0n) is 12.4. The highest BCUT2D eigenvalue weighted by molar-refractivity contribution is 6.07. The van der Waals surface area contributed by atoms with Crippen LogP contribution in [0.5, 0.6) is 0 Å². The molecule has 0 radical (unpaired) electrons. The molecule has 4 nitrogen and oxygen atoms in total. The van der Waals surface area contributed by atoms with Gasteiger partial charge in [0.1, 0.15) is 0 Å². The number of hydrogen-bond donors (Lipinski definition) is 1. The van der Waals surface area contributed by atoms with Crippen LogP contribution in [0.15, 0.2) is 30.5 Å². The summed E-state index contributed by atoms with van der Waals surface area (Å²) < 4.78 is 4.87. The number of ketones is 1. The Labute approximate surface area is 124 Å². The van der Waals surface area contributed by atoms with E-state index in [0.717, 1.165) is 35.7 Å². The lowest BCUT2D eigenvalue weighted by Gasteiger charge is -2.02. The van der Waals surface area contributed by atoms with Gasteiger partial charge in [-0.05, 0) is 25.8 Å². The number of para-hydroxylation sites is 1. The minimum atomic E-state index is -0.152. The van der Waals surface area contributed by atoms with Gasteiger partial charge in [0.15, 0.2) is 5.78 Å². The lowest BCUT2D eigenvalue weighted by molar-refractivity contribution is -0.143. The van der Waals surface area contributed by atoms with Crippen molar-refractivity contribution in [3.63, 3.8) is 0 Å². The number of nitrogens with one attached hydrogen (secondary N) is 1. The molecule has 2 rings (SSSR count). The van der Waals surface area contributed by atoms with Crippen LogP contribution >= 0.6 is 0 Å². The Hall–Kier alpha value is -2.10. The zero-order valence-corrected chi connectivity index (χ0v) is 12.4. The van der Waals surface area contributed by atoms with Crippen molar-refractivity contribution >= 4 is 22.7 Å². The summed E-state index contributed by atoms with van der Waals surface area (Å²) in [6.07, 6.45) is 5.19. The van der Waals surface area contributed by atoms with Gasteiger partial charge in [-0.15, -0.1) is 0 Å². The Morgan fingerprint density at radius 3 is 2.67 bits per heavy atom. The molecule has 4 heteroatoms. The highest BCUT2D eigenvalue weighted by Gasteiger charge is 2.11. The van der Waals surface area contributed by atoms with Crippen molar-refractivity contribution in [1.82, 2.24) is 4.98 Å². The second kappa shape index (κ2) is 7.62. The summed E-state index contributed by atoms with van der Waals surface area (Å²) in [5.74, 6) is 0.00374. The molecule has 1 N–H and O–H groups in total. The number of carbonyl (C=O) groups excluding carboxylic acids is 2. The maximum Gasteiger partial charge on any atom is 0.305 e. The van der Waals surface area contributed by atoms with E-state index in [1.165, 1.54) is 0 Å². The Balaban J connectivity index is 1.76. The van der Waals surface area contributed by atoms with Gasteiger partial charge in [0.2, 0.25) is 0 Å². The van der Waals surface area contributed by atoms with Gasteiger partial charge in [0, 0.05) is 35.5 Å². The van der Waals surface area contributed by atoms with Crippen LogP contribution in [0.1, 0.15) is 49.4 Å². The molecule has 1 aromatic carbocycles. The molecule has 0 saturated carbocycles. The third-order valence-corrected chi connectivity index (χ3v) is 3.48. The van der Waals surface area contributed by atoms with E-state index < -0.39 is 0 Å². The van der Waals surface area contributed by atoms with Crippen LogP contribution in [0.2, 0.25) is 0 Å². The summed E-state index contributed by atoms with van der Waals surface area (Å²) in [5, 5.41) is 0.981. The zero-order chi connectivity index (χ0) is 15.1. The fourth-order valence-corrected chi connectivity index (χ4v) is 2.40. The molecule has 0 spiro atoms. The van der Waals surface area contributed by atoms with Crippen molar-refractivity contribution in [2.45, 2.75) is 39.0 Å². The smallest absolute Gasteiger partial charge is 0.305 e. The first-order valence-corrected chi connectivity index (χ1v) is 7.47. The minimum absolute atomic E-state index is 0.152. The Kier molecular flexibility index (Phi) is 5.55. The highest BCUT2D eigenvalue weighted by Crippen LogP contribution is 2.20. The summed E-state index contributed by atoms with van der Waals surface area (Å²) in [7, 11) is 0. The standard InChI is InChI=1S/C17H21NO3/c1-2-21-17(20)11-5-3-4-10-16(19)14-12-18-15-9-7-6-8-13(14)15/h6-9,12,18H,2-5,10-11H2,1H3. The molecule has 2 aromatic rings. The van der Waals surface area contributed by atoms with E-state index in [1.54, 1.807) is 13.1 Å². The number of rotatable bonds is 8. The molecule has 0 aliphatic heterocycles. The molecular formula is C17H21NO3. The number of carbonyl (C=O) groups is 2. The molecule has 0 saturated heterocycles. The van der Waals surface area contributed by atoms with Crippen molar-refractivity contribution in [3.8, 4) is 0 Å². The Morgan fingerprint density at radius 2 is 1.86 bits per heavy atom. The maximum atomic E-state index is 12.2. The molecule has 0 aliphatic rings. The number of Topliss-reactive ketones (excluding diaryl/α,β-unsaturated/α-hetero) is 1. The molecule has 0 unspecified atom stereocenters. The largest absolute Gasteiger partial charge is 0.466 e. The summed E-state index contributed by atoms with van der Waals surface area (Å²) in [6.45, 7) is 2.23. The number of esters is 1.